The Morgan fingerprint density at radius 1 is 0.895 bits per heavy atom. The first-order chi connectivity index (χ1) is 18.2. The van der Waals surface area contributed by atoms with Gasteiger partial charge in [-0.2, -0.15) is 0 Å². The Labute approximate surface area is 224 Å². The Morgan fingerprint density at radius 2 is 1.61 bits per heavy atom. The molecule has 4 rings (SSSR count). The Balaban J connectivity index is 1.51. The number of hydrogen-bond acceptors (Lipinski definition) is 7. The van der Waals surface area contributed by atoms with Crippen molar-refractivity contribution in [3.05, 3.63) is 99.7 Å². The molecule has 0 fully saturated rings. The summed E-state index contributed by atoms with van der Waals surface area (Å²) in [5, 5.41) is 2.52. The zero-order valence-electron chi connectivity index (χ0n) is 21.0. The van der Waals surface area contributed by atoms with E-state index in [1.807, 2.05) is 32.9 Å². The zero-order valence-corrected chi connectivity index (χ0v) is 21.8. The Kier molecular flexibility index (Phi) is 7.93. The first-order valence-corrected chi connectivity index (χ1v) is 12.3. The van der Waals surface area contributed by atoms with Crippen LogP contribution in [0.1, 0.15) is 45.2 Å². The average Bonchev–Trinajstić information content (AvgIpc) is 3.13. The number of halogens is 1. The summed E-state index contributed by atoms with van der Waals surface area (Å²) in [6.45, 7) is 5.86. The van der Waals surface area contributed by atoms with Gasteiger partial charge < -0.3 is 14.8 Å². The number of rotatable bonds is 8. The van der Waals surface area contributed by atoms with Gasteiger partial charge in [-0.3, -0.25) is 9.59 Å². The summed E-state index contributed by atoms with van der Waals surface area (Å²) >= 11 is 6.25. The van der Waals surface area contributed by atoms with E-state index >= 15 is 0 Å². The number of aryl methyl sites for hydroxylation is 1. The third-order valence-electron chi connectivity index (χ3n) is 5.98. The van der Waals surface area contributed by atoms with Crippen molar-refractivity contribution in [1.29, 1.82) is 0 Å². The lowest BCUT2D eigenvalue weighted by Gasteiger charge is -2.18. The van der Waals surface area contributed by atoms with Gasteiger partial charge in [0.05, 0.1) is 23.4 Å². The molecule has 0 radical (unpaired) electrons. The summed E-state index contributed by atoms with van der Waals surface area (Å²) in [6.07, 6.45) is 0.624. The van der Waals surface area contributed by atoms with Crippen molar-refractivity contribution in [2.24, 2.45) is 0 Å². The second kappa shape index (κ2) is 11.3. The maximum atomic E-state index is 13.2. The van der Waals surface area contributed by atoms with Crippen LogP contribution in [0.2, 0.25) is 0 Å². The highest BCUT2D eigenvalue weighted by molar-refractivity contribution is 6.53. The molecule has 194 valence electrons. The standard InChI is InChI=1S/C29H25ClN2O6/c1-4-16-37-29(36)21-9-5-6-10-22(21)32-26(33)24(30)25(27(32)34)31-20-14-12-19(13-15-20)28(35)38-23-11-7-8-17(2)18(23)3/h5-15,31H,4,16H2,1-3H3. The second-order valence-corrected chi connectivity index (χ2v) is 8.96. The van der Waals surface area contributed by atoms with Gasteiger partial charge in [0, 0.05) is 5.69 Å². The molecule has 9 heteroatoms. The lowest BCUT2D eigenvalue weighted by Crippen LogP contribution is -2.33. The van der Waals surface area contributed by atoms with Crippen LogP contribution in [-0.4, -0.2) is 30.4 Å². The van der Waals surface area contributed by atoms with Crippen LogP contribution in [0, 0.1) is 13.8 Å². The number of carbonyl (C=O) groups is 4. The fourth-order valence-electron chi connectivity index (χ4n) is 3.77. The number of ether oxygens (including phenoxy) is 2. The minimum absolute atomic E-state index is 0.0695. The van der Waals surface area contributed by atoms with Gasteiger partial charge in [0.15, 0.2) is 0 Å². The van der Waals surface area contributed by atoms with Crippen LogP contribution in [-0.2, 0) is 14.3 Å². The molecule has 38 heavy (non-hydrogen) atoms. The normalized spacial score (nSPS) is 13.1. The highest BCUT2D eigenvalue weighted by Crippen LogP contribution is 2.32. The van der Waals surface area contributed by atoms with E-state index < -0.39 is 23.8 Å². The molecule has 0 aliphatic carbocycles. The van der Waals surface area contributed by atoms with Crippen molar-refractivity contribution >= 4 is 46.7 Å². The van der Waals surface area contributed by atoms with Crippen LogP contribution in [0.4, 0.5) is 11.4 Å². The number of esters is 2. The smallest absolute Gasteiger partial charge is 0.343 e. The number of carbonyl (C=O) groups excluding carboxylic acids is 4. The van der Waals surface area contributed by atoms with Crippen LogP contribution < -0.4 is 15.0 Å². The van der Waals surface area contributed by atoms with E-state index in [0.717, 1.165) is 16.0 Å². The summed E-state index contributed by atoms with van der Waals surface area (Å²) in [4.78, 5) is 52.1. The molecule has 0 bridgehead atoms. The predicted octanol–water partition coefficient (Wildman–Crippen LogP) is 5.53. The van der Waals surface area contributed by atoms with Gasteiger partial charge in [0.1, 0.15) is 16.5 Å². The van der Waals surface area contributed by atoms with Gasteiger partial charge in [-0.15, -0.1) is 0 Å². The highest BCUT2D eigenvalue weighted by Gasteiger charge is 2.40. The lowest BCUT2D eigenvalue weighted by molar-refractivity contribution is -0.120. The van der Waals surface area contributed by atoms with E-state index in [1.165, 1.54) is 24.3 Å². The van der Waals surface area contributed by atoms with Crippen LogP contribution in [0.5, 0.6) is 5.75 Å². The molecular weight excluding hydrogens is 508 g/mol. The highest BCUT2D eigenvalue weighted by atomic mass is 35.5. The van der Waals surface area contributed by atoms with Gasteiger partial charge in [0.2, 0.25) is 0 Å². The fraction of sp³-hybridized carbons (Fsp3) is 0.172. The fourth-order valence-corrected chi connectivity index (χ4v) is 3.98. The third kappa shape index (κ3) is 5.31. The van der Waals surface area contributed by atoms with Crippen molar-refractivity contribution in [1.82, 2.24) is 0 Å². The Hall–Kier alpha value is -4.43. The number of para-hydroxylation sites is 1. The van der Waals surface area contributed by atoms with Gasteiger partial charge in [-0.25, -0.2) is 14.5 Å². The van der Waals surface area contributed by atoms with Gasteiger partial charge >= 0.3 is 11.9 Å². The van der Waals surface area contributed by atoms with Crippen molar-refractivity contribution in [3.8, 4) is 5.75 Å². The molecule has 0 saturated heterocycles. The first-order valence-electron chi connectivity index (χ1n) is 11.9. The maximum Gasteiger partial charge on any atom is 0.343 e. The van der Waals surface area contributed by atoms with Crippen molar-refractivity contribution in [2.75, 3.05) is 16.8 Å². The SMILES string of the molecule is CCCOC(=O)c1ccccc1N1C(=O)C(Cl)=C(Nc2ccc(C(=O)Oc3cccc(C)c3C)cc2)C1=O. The molecule has 1 N–H and O–H groups in total. The van der Waals surface area contributed by atoms with Gasteiger partial charge in [-0.1, -0.05) is 42.8 Å². The van der Waals surface area contributed by atoms with E-state index in [2.05, 4.69) is 5.32 Å². The van der Waals surface area contributed by atoms with Crippen LogP contribution in [0.3, 0.4) is 0 Å². The minimum Gasteiger partial charge on any atom is -0.462 e. The van der Waals surface area contributed by atoms with Crippen molar-refractivity contribution in [3.63, 3.8) is 0 Å². The second-order valence-electron chi connectivity index (χ2n) is 8.58. The lowest BCUT2D eigenvalue weighted by atomic mass is 10.1. The molecule has 2 amide bonds. The number of anilines is 2. The predicted molar refractivity (Wildman–Crippen MR) is 143 cm³/mol. The summed E-state index contributed by atoms with van der Waals surface area (Å²) in [7, 11) is 0. The Bertz CT molecular complexity index is 1460. The molecule has 8 nitrogen and oxygen atoms in total. The number of amides is 2. The van der Waals surface area contributed by atoms with Gasteiger partial charge in [-0.05, 0) is 73.9 Å². The Morgan fingerprint density at radius 3 is 2.32 bits per heavy atom. The summed E-state index contributed by atoms with van der Waals surface area (Å²) in [6, 6.07) is 17.8. The number of nitrogens with zero attached hydrogens (tertiary/aromatic N) is 1. The summed E-state index contributed by atoms with van der Waals surface area (Å²) in [5.41, 5.74) is 2.58. The molecule has 0 spiro atoms. The van der Waals surface area contributed by atoms with Gasteiger partial charge in [0.25, 0.3) is 11.8 Å². The molecule has 1 aliphatic heterocycles. The van der Waals surface area contributed by atoms with E-state index in [0.29, 0.717) is 23.4 Å². The number of benzene rings is 3. The van der Waals surface area contributed by atoms with Crippen LogP contribution in [0.25, 0.3) is 0 Å². The van der Waals surface area contributed by atoms with Crippen molar-refractivity contribution < 1.29 is 28.7 Å². The molecule has 0 saturated carbocycles. The topological polar surface area (TPSA) is 102 Å². The first kappa shape index (κ1) is 26.6. The molecule has 3 aromatic rings. The quantitative estimate of drug-likeness (QED) is 0.231. The minimum atomic E-state index is -0.774. The molecule has 1 heterocycles. The molecule has 3 aromatic carbocycles. The molecule has 0 aromatic heterocycles. The largest absolute Gasteiger partial charge is 0.462 e. The summed E-state index contributed by atoms with van der Waals surface area (Å²) in [5.74, 6) is -2.21. The number of imide groups is 1. The molecular formula is C29H25ClN2O6. The van der Waals surface area contributed by atoms with Crippen LogP contribution in [0.15, 0.2) is 77.5 Å². The monoisotopic (exact) mass is 532 g/mol. The molecule has 0 atom stereocenters. The van der Waals surface area contributed by atoms with Crippen LogP contribution >= 0.6 is 11.6 Å². The van der Waals surface area contributed by atoms with E-state index in [4.69, 9.17) is 21.1 Å². The molecule has 1 aliphatic rings. The number of hydrogen-bond donors (Lipinski definition) is 1. The van der Waals surface area contributed by atoms with Crippen molar-refractivity contribution in [2.45, 2.75) is 27.2 Å². The van der Waals surface area contributed by atoms with E-state index in [9.17, 15) is 19.2 Å². The zero-order chi connectivity index (χ0) is 27.4. The summed E-state index contributed by atoms with van der Waals surface area (Å²) < 4.78 is 10.7. The maximum absolute atomic E-state index is 13.2. The number of nitrogens with one attached hydrogen (secondary N) is 1. The molecule has 0 unspecified atom stereocenters. The average molecular weight is 533 g/mol. The van der Waals surface area contributed by atoms with E-state index in [1.54, 1.807) is 30.3 Å². The third-order valence-corrected chi connectivity index (χ3v) is 6.33. The van der Waals surface area contributed by atoms with E-state index in [-0.39, 0.29) is 28.6 Å².